The van der Waals surface area contributed by atoms with Crippen LogP contribution in [0.4, 0.5) is 0 Å². The molecule has 0 aliphatic rings. The van der Waals surface area contributed by atoms with Crippen LogP contribution in [0.2, 0.25) is 5.02 Å². The molecule has 0 saturated carbocycles. The Kier molecular flexibility index (Phi) is 4.21. The molecule has 19 heavy (non-hydrogen) atoms. The minimum Gasteiger partial charge on any atom is -0.478 e. The molecule has 2 rings (SSSR count). The number of ketones is 1. The van der Waals surface area contributed by atoms with Crippen LogP contribution in [0.15, 0.2) is 42.5 Å². The van der Waals surface area contributed by atoms with Gasteiger partial charge >= 0.3 is 5.97 Å². The van der Waals surface area contributed by atoms with E-state index in [9.17, 15) is 9.59 Å². The second-order valence-corrected chi connectivity index (χ2v) is 5.38. The number of carbonyl (C=O) groups is 2. The number of carboxylic acid groups (broad SMARTS) is 1. The second-order valence-electron chi connectivity index (χ2n) is 3.81. The van der Waals surface area contributed by atoms with Gasteiger partial charge in [0.25, 0.3) is 0 Å². The fraction of sp³-hybridized carbons (Fsp3) is 0. The van der Waals surface area contributed by atoms with E-state index in [0.29, 0.717) is 11.1 Å². The summed E-state index contributed by atoms with van der Waals surface area (Å²) in [6.07, 6.45) is 0. The third-order valence-corrected chi connectivity index (χ3v) is 3.85. The van der Waals surface area contributed by atoms with Crippen LogP contribution >= 0.6 is 34.2 Å². The van der Waals surface area contributed by atoms with Crippen molar-refractivity contribution in [3.05, 3.63) is 67.7 Å². The van der Waals surface area contributed by atoms with E-state index >= 15 is 0 Å². The van der Waals surface area contributed by atoms with E-state index in [1.165, 1.54) is 18.2 Å². The predicted octanol–water partition coefficient (Wildman–Crippen LogP) is 3.87. The average Bonchev–Trinajstić information content (AvgIpc) is 2.38. The molecule has 0 radical (unpaired) electrons. The molecule has 0 spiro atoms. The van der Waals surface area contributed by atoms with E-state index in [2.05, 4.69) is 22.6 Å². The first kappa shape index (κ1) is 14.0. The van der Waals surface area contributed by atoms with Crippen molar-refractivity contribution in [2.24, 2.45) is 0 Å². The van der Waals surface area contributed by atoms with E-state index in [4.69, 9.17) is 16.7 Å². The largest absolute Gasteiger partial charge is 0.478 e. The highest BCUT2D eigenvalue weighted by Crippen LogP contribution is 2.21. The van der Waals surface area contributed by atoms with Crippen LogP contribution in [0.3, 0.4) is 0 Å². The Bertz CT molecular complexity index is 667. The summed E-state index contributed by atoms with van der Waals surface area (Å²) in [6, 6.07) is 11.4. The van der Waals surface area contributed by atoms with Gasteiger partial charge in [-0.3, -0.25) is 4.79 Å². The molecule has 0 unspecified atom stereocenters. The Morgan fingerprint density at radius 2 is 1.74 bits per heavy atom. The zero-order valence-corrected chi connectivity index (χ0v) is 12.5. The normalized spacial score (nSPS) is 10.2. The van der Waals surface area contributed by atoms with Gasteiger partial charge in [-0.1, -0.05) is 23.7 Å². The highest BCUT2D eigenvalue weighted by atomic mass is 127. The van der Waals surface area contributed by atoms with Crippen LogP contribution in [0.5, 0.6) is 0 Å². The summed E-state index contributed by atoms with van der Waals surface area (Å²) >= 11 is 7.85. The molecule has 1 N–H and O–H groups in total. The smallest absolute Gasteiger partial charge is 0.337 e. The summed E-state index contributed by atoms with van der Waals surface area (Å²) < 4.78 is 0.817. The molecule has 0 fully saturated rings. The molecule has 2 aromatic carbocycles. The maximum atomic E-state index is 12.3. The van der Waals surface area contributed by atoms with E-state index in [1.54, 1.807) is 12.1 Å². The van der Waals surface area contributed by atoms with Gasteiger partial charge in [-0.15, -0.1) is 0 Å². The lowest BCUT2D eigenvalue weighted by Crippen LogP contribution is -2.06. The Morgan fingerprint density at radius 1 is 1.05 bits per heavy atom. The fourth-order valence-electron chi connectivity index (χ4n) is 1.63. The molecule has 3 nitrogen and oxygen atoms in total. The first-order valence-electron chi connectivity index (χ1n) is 5.33. The van der Waals surface area contributed by atoms with Crippen molar-refractivity contribution in [1.82, 2.24) is 0 Å². The molecule has 0 heterocycles. The lowest BCUT2D eigenvalue weighted by molar-refractivity contribution is 0.0697. The Labute approximate surface area is 128 Å². The summed E-state index contributed by atoms with van der Waals surface area (Å²) in [4.78, 5) is 23.3. The lowest BCUT2D eigenvalue weighted by atomic mass is 10.0. The third-order valence-electron chi connectivity index (χ3n) is 2.58. The first-order chi connectivity index (χ1) is 9.00. The van der Waals surface area contributed by atoms with Crippen molar-refractivity contribution in [2.45, 2.75) is 0 Å². The van der Waals surface area contributed by atoms with Crippen molar-refractivity contribution in [3.63, 3.8) is 0 Å². The van der Waals surface area contributed by atoms with Crippen molar-refractivity contribution >= 4 is 45.9 Å². The van der Waals surface area contributed by atoms with Crippen LogP contribution in [0, 0.1) is 3.57 Å². The first-order valence-corrected chi connectivity index (χ1v) is 6.78. The minimum absolute atomic E-state index is 0.0709. The van der Waals surface area contributed by atoms with Crippen LogP contribution in [0.1, 0.15) is 26.3 Å². The average molecular weight is 387 g/mol. The number of rotatable bonds is 3. The van der Waals surface area contributed by atoms with Gasteiger partial charge in [0.2, 0.25) is 0 Å². The van der Waals surface area contributed by atoms with Crippen LogP contribution < -0.4 is 0 Å². The van der Waals surface area contributed by atoms with Gasteiger partial charge in [-0.2, -0.15) is 0 Å². The quantitative estimate of drug-likeness (QED) is 0.643. The van der Waals surface area contributed by atoms with Crippen LogP contribution in [-0.4, -0.2) is 16.9 Å². The zero-order chi connectivity index (χ0) is 14.0. The third kappa shape index (κ3) is 2.96. The molecule has 0 bridgehead atoms. The summed E-state index contributed by atoms with van der Waals surface area (Å²) in [5, 5.41) is 9.12. The molecular formula is C14H8ClIO3. The molecule has 0 saturated heterocycles. The van der Waals surface area contributed by atoms with Crippen molar-refractivity contribution in [3.8, 4) is 0 Å². The number of carbonyl (C=O) groups excluding carboxylic acids is 1. The molecule has 5 heteroatoms. The molecule has 96 valence electrons. The number of carboxylic acids is 1. The highest BCUT2D eigenvalue weighted by molar-refractivity contribution is 14.1. The summed E-state index contributed by atoms with van der Waals surface area (Å²) in [5.41, 5.74) is 0.783. The van der Waals surface area contributed by atoms with E-state index in [-0.39, 0.29) is 16.4 Å². The van der Waals surface area contributed by atoms with E-state index in [0.717, 1.165) is 3.57 Å². The summed E-state index contributed by atoms with van der Waals surface area (Å²) in [5.74, 6) is -1.37. The second kappa shape index (κ2) is 5.71. The lowest BCUT2D eigenvalue weighted by Gasteiger charge is -2.05. The SMILES string of the molecule is O=C(O)c1cc(C(=O)c2ccccc2I)ccc1Cl. The topological polar surface area (TPSA) is 54.4 Å². The molecule has 0 aliphatic carbocycles. The number of aromatic carboxylic acids is 1. The van der Waals surface area contributed by atoms with Crippen molar-refractivity contribution in [2.75, 3.05) is 0 Å². The monoisotopic (exact) mass is 386 g/mol. The standard InChI is InChI=1S/C14H8ClIO3/c15-11-6-5-8(7-10(11)14(18)19)13(17)9-3-1-2-4-12(9)16/h1-7H,(H,18,19). The summed E-state index contributed by atoms with van der Waals surface area (Å²) in [7, 11) is 0. The van der Waals surface area contributed by atoms with Gasteiger partial charge < -0.3 is 5.11 Å². The Balaban J connectivity index is 2.49. The van der Waals surface area contributed by atoms with Crippen LogP contribution in [-0.2, 0) is 0 Å². The minimum atomic E-state index is -1.15. The Hall–Kier alpha value is -1.40. The van der Waals surface area contributed by atoms with E-state index in [1.807, 2.05) is 12.1 Å². The molecule has 0 aromatic heterocycles. The highest BCUT2D eigenvalue weighted by Gasteiger charge is 2.16. The van der Waals surface area contributed by atoms with Crippen molar-refractivity contribution < 1.29 is 14.7 Å². The molecule has 0 amide bonds. The predicted molar refractivity (Wildman–Crippen MR) is 81.0 cm³/mol. The van der Waals surface area contributed by atoms with Gasteiger partial charge in [0.1, 0.15) is 0 Å². The molecular weight excluding hydrogens is 379 g/mol. The van der Waals surface area contributed by atoms with Gasteiger partial charge in [0, 0.05) is 14.7 Å². The van der Waals surface area contributed by atoms with Gasteiger partial charge in [0.15, 0.2) is 5.78 Å². The summed E-state index contributed by atoms with van der Waals surface area (Å²) in [6.45, 7) is 0. The van der Waals surface area contributed by atoms with Crippen molar-refractivity contribution in [1.29, 1.82) is 0 Å². The number of benzene rings is 2. The van der Waals surface area contributed by atoms with Gasteiger partial charge in [-0.25, -0.2) is 4.79 Å². The zero-order valence-electron chi connectivity index (χ0n) is 9.56. The number of hydrogen-bond acceptors (Lipinski definition) is 2. The fourth-order valence-corrected chi connectivity index (χ4v) is 2.46. The Morgan fingerprint density at radius 3 is 2.37 bits per heavy atom. The van der Waals surface area contributed by atoms with Gasteiger partial charge in [-0.05, 0) is 52.9 Å². The maximum Gasteiger partial charge on any atom is 0.337 e. The molecule has 0 aliphatic heterocycles. The maximum absolute atomic E-state index is 12.3. The van der Waals surface area contributed by atoms with Gasteiger partial charge in [0.05, 0.1) is 10.6 Å². The number of halogens is 2. The molecule has 0 atom stereocenters. The molecule has 2 aromatic rings. The van der Waals surface area contributed by atoms with Crippen LogP contribution in [0.25, 0.3) is 0 Å². The van der Waals surface area contributed by atoms with E-state index < -0.39 is 5.97 Å². The number of hydrogen-bond donors (Lipinski definition) is 1.